The van der Waals surface area contributed by atoms with Gasteiger partial charge in [0.2, 0.25) is 5.91 Å². The van der Waals surface area contributed by atoms with Crippen LogP contribution in [0.15, 0.2) is 29.2 Å². The van der Waals surface area contributed by atoms with Crippen LogP contribution in [-0.4, -0.2) is 62.9 Å². The van der Waals surface area contributed by atoms with Gasteiger partial charge in [0.05, 0.1) is 11.5 Å². The average molecular weight is 441 g/mol. The minimum atomic E-state index is -3.22. The highest BCUT2D eigenvalue weighted by atomic mass is 32.2. The Bertz CT molecular complexity index is 822. The van der Waals surface area contributed by atoms with Gasteiger partial charge in [-0.15, -0.1) is 0 Å². The molecule has 1 heterocycles. The molecule has 0 atom stereocenters. The molecule has 1 aromatic carbocycles. The number of rotatable bonds is 7. The van der Waals surface area contributed by atoms with Gasteiger partial charge < -0.3 is 19.7 Å². The van der Waals surface area contributed by atoms with E-state index in [0.717, 1.165) is 6.26 Å². The SMILES string of the molecule is CC(C)(C)OC(=O)NC1CCN(C(=O)CCCOc2ccc(S(C)(=O)=O)cc2)CC1. The van der Waals surface area contributed by atoms with Gasteiger partial charge in [-0.2, -0.15) is 0 Å². The van der Waals surface area contributed by atoms with E-state index in [1.54, 1.807) is 12.1 Å². The zero-order chi connectivity index (χ0) is 22.4. The number of hydrogen-bond donors (Lipinski definition) is 1. The zero-order valence-electron chi connectivity index (χ0n) is 18.1. The Kier molecular flexibility index (Phi) is 8.11. The quantitative estimate of drug-likeness (QED) is 0.654. The summed E-state index contributed by atoms with van der Waals surface area (Å²) in [6.07, 6.45) is 3.09. The smallest absolute Gasteiger partial charge is 0.407 e. The minimum Gasteiger partial charge on any atom is -0.494 e. The number of benzene rings is 1. The van der Waals surface area contributed by atoms with Crippen LogP contribution < -0.4 is 10.1 Å². The highest BCUT2D eigenvalue weighted by molar-refractivity contribution is 7.90. The lowest BCUT2D eigenvalue weighted by atomic mass is 10.0. The lowest BCUT2D eigenvalue weighted by Gasteiger charge is -2.33. The first kappa shape index (κ1) is 24.0. The third-order valence-electron chi connectivity index (χ3n) is 4.62. The second-order valence-corrected chi connectivity index (χ2v) is 10.5. The van der Waals surface area contributed by atoms with E-state index in [4.69, 9.17) is 9.47 Å². The third-order valence-corrected chi connectivity index (χ3v) is 5.75. The van der Waals surface area contributed by atoms with Gasteiger partial charge in [0.1, 0.15) is 11.4 Å². The van der Waals surface area contributed by atoms with Crippen LogP contribution in [0.2, 0.25) is 0 Å². The number of nitrogens with zero attached hydrogens (tertiary/aromatic N) is 1. The number of piperidine rings is 1. The van der Waals surface area contributed by atoms with Crippen molar-refractivity contribution < 1.29 is 27.5 Å². The molecule has 8 nitrogen and oxygen atoms in total. The monoisotopic (exact) mass is 440 g/mol. The molecule has 0 bridgehead atoms. The first-order chi connectivity index (χ1) is 13.9. The van der Waals surface area contributed by atoms with E-state index in [-0.39, 0.29) is 16.8 Å². The van der Waals surface area contributed by atoms with Crippen LogP contribution in [-0.2, 0) is 19.4 Å². The summed E-state index contributed by atoms with van der Waals surface area (Å²) < 4.78 is 33.7. The number of alkyl carbamates (subject to hydrolysis) is 1. The van der Waals surface area contributed by atoms with Crippen LogP contribution in [0, 0.1) is 0 Å². The van der Waals surface area contributed by atoms with Gasteiger partial charge in [-0.1, -0.05) is 0 Å². The first-order valence-electron chi connectivity index (χ1n) is 10.1. The fourth-order valence-electron chi connectivity index (χ4n) is 3.10. The second kappa shape index (κ2) is 10.1. The van der Waals surface area contributed by atoms with Gasteiger partial charge in [0.25, 0.3) is 0 Å². The maximum atomic E-state index is 12.4. The molecule has 0 aromatic heterocycles. The van der Waals surface area contributed by atoms with Crippen molar-refractivity contribution in [2.24, 2.45) is 0 Å². The van der Waals surface area contributed by atoms with Crippen LogP contribution in [0.1, 0.15) is 46.5 Å². The third kappa shape index (κ3) is 8.22. The number of carbonyl (C=O) groups is 2. The molecule has 9 heteroatoms. The lowest BCUT2D eigenvalue weighted by molar-refractivity contribution is -0.132. The molecule has 1 fully saturated rings. The van der Waals surface area contributed by atoms with Gasteiger partial charge in [0.15, 0.2) is 9.84 Å². The number of likely N-dealkylation sites (tertiary alicyclic amines) is 1. The number of ether oxygens (including phenoxy) is 2. The Balaban J connectivity index is 1.65. The van der Waals surface area contributed by atoms with Crippen molar-refractivity contribution in [3.05, 3.63) is 24.3 Å². The molecule has 2 amide bonds. The number of hydrogen-bond acceptors (Lipinski definition) is 6. The predicted molar refractivity (Wildman–Crippen MR) is 113 cm³/mol. The number of amides is 2. The van der Waals surface area contributed by atoms with Gasteiger partial charge in [-0.3, -0.25) is 4.79 Å². The second-order valence-electron chi connectivity index (χ2n) is 8.50. The maximum Gasteiger partial charge on any atom is 0.407 e. The summed E-state index contributed by atoms with van der Waals surface area (Å²) in [6, 6.07) is 6.25. The lowest BCUT2D eigenvalue weighted by Crippen LogP contribution is -2.47. The molecule has 0 aliphatic carbocycles. The average Bonchev–Trinajstić information content (AvgIpc) is 2.64. The highest BCUT2D eigenvalue weighted by Crippen LogP contribution is 2.17. The Labute approximate surface area is 178 Å². The summed E-state index contributed by atoms with van der Waals surface area (Å²) >= 11 is 0. The van der Waals surface area contributed by atoms with E-state index in [1.165, 1.54) is 12.1 Å². The summed E-state index contributed by atoms with van der Waals surface area (Å²) in [4.78, 5) is 26.3. The summed E-state index contributed by atoms with van der Waals surface area (Å²) in [5.41, 5.74) is -0.529. The van der Waals surface area contributed by atoms with E-state index in [2.05, 4.69) is 5.32 Å². The standard InChI is InChI=1S/C21H32N2O6S/c1-21(2,3)29-20(25)22-16-11-13-23(14-12-16)19(24)6-5-15-28-17-7-9-18(10-8-17)30(4,26)27/h7-10,16H,5-6,11-15H2,1-4H3,(H,22,25). The Morgan fingerprint density at radius 2 is 1.73 bits per heavy atom. The van der Waals surface area contributed by atoms with Crippen molar-refractivity contribution in [3.8, 4) is 5.75 Å². The van der Waals surface area contributed by atoms with Gasteiger partial charge in [-0.25, -0.2) is 13.2 Å². The Morgan fingerprint density at radius 1 is 1.13 bits per heavy atom. The molecule has 1 saturated heterocycles. The molecule has 1 N–H and O–H groups in total. The summed E-state index contributed by atoms with van der Waals surface area (Å²) in [7, 11) is -3.22. The van der Waals surface area contributed by atoms with Crippen LogP contribution >= 0.6 is 0 Å². The Morgan fingerprint density at radius 3 is 2.27 bits per heavy atom. The van der Waals surface area contributed by atoms with Crippen molar-refractivity contribution in [1.82, 2.24) is 10.2 Å². The molecule has 1 aliphatic heterocycles. The van der Waals surface area contributed by atoms with Crippen molar-refractivity contribution in [1.29, 1.82) is 0 Å². The van der Waals surface area contributed by atoms with Crippen LogP contribution in [0.3, 0.4) is 0 Å². The zero-order valence-corrected chi connectivity index (χ0v) is 19.0. The number of nitrogens with one attached hydrogen (secondary N) is 1. The molecule has 0 saturated carbocycles. The molecule has 1 aliphatic rings. The number of carbonyl (C=O) groups excluding carboxylic acids is 2. The van der Waals surface area contributed by atoms with E-state index < -0.39 is 21.5 Å². The fraction of sp³-hybridized carbons (Fsp3) is 0.619. The van der Waals surface area contributed by atoms with E-state index >= 15 is 0 Å². The van der Waals surface area contributed by atoms with Crippen molar-refractivity contribution >= 4 is 21.8 Å². The summed E-state index contributed by atoms with van der Waals surface area (Å²) in [5.74, 6) is 0.644. The molecule has 0 spiro atoms. The van der Waals surface area contributed by atoms with Crippen LogP contribution in [0.4, 0.5) is 4.79 Å². The van der Waals surface area contributed by atoms with Crippen LogP contribution in [0.25, 0.3) is 0 Å². The maximum absolute atomic E-state index is 12.4. The van der Waals surface area contributed by atoms with Crippen molar-refractivity contribution in [2.45, 2.75) is 63.0 Å². The van der Waals surface area contributed by atoms with E-state index in [1.807, 2.05) is 25.7 Å². The van der Waals surface area contributed by atoms with Gasteiger partial charge in [-0.05, 0) is 64.3 Å². The van der Waals surface area contributed by atoms with Crippen molar-refractivity contribution in [3.63, 3.8) is 0 Å². The summed E-state index contributed by atoms with van der Waals surface area (Å²) in [6.45, 7) is 7.05. The Hall–Kier alpha value is -2.29. The molecule has 0 radical (unpaired) electrons. The predicted octanol–water partition coefficient (Wildman–Crippen LogP) is 2.76. The molecule has 30 heavy (non-hydrogen) atoms. The molecular weight excluding hydrogens is 408 g/mol. The first-order valence-corrected chi connectivity index (χ1v) is 12.0. The molecule has 1 aromatic rings. The highest BCUT2D eigenvalue weighted by Gasteiger charge is 2.25. The number of sulfone groups is 1. The van der Waals surface area contributed by atoms with Gasteiger partial charge >= 0.3 is 6.09 Å². The topological polar surface area (TPSA) is 102 Å². The molecular formula is C21H32N2O6S. The van der Waals surface area contributed by atoms with E-state index in [0.29, 0.717) is 51.1 Å². The van der Waals surface area contributed by atoms with Gasteiger partial charge in [0, 0.05) is 31.8 Å². The minimum absolute atomic E-state index is 0.0159. The fourth-order valence-corrected chi connectivity index (χ4v) is 3.73. The van der Waals surface area contributed by atoms with Crippen LogP contribution in [0.5, 0.6) is 5.75 Å². The molecule has 168 valence electrons. The summed E-state index contributed by atoms with van der Waals surface area (Å²) in [5, 5.41) is 2.86. The largest absolute Gasteiger partial charge is 0.494 e. The molecule has 2 rings (SSSR count). The van der Waals surface area contributed by atoms with Crippen molar-refractivity contribution in [2.75, 3.05) is 26.0 Å². The normalized spacial score (nSPS) is 15.5. The molecule has 0 unspecified atom stereocenters. The van der Waals surface area contributed by atoms with E-state index in [9.17, 15) is 18.0 Å².